The van der Waals surface area contributed by atoms with Crippen LogP contribution < -0.4 is 10.6 Å². The molecule has 1 aromatic rings. The van der Waals surface area contributed by atoms with Crippen molar-refractivity contribution < 1.29 is 4.79 Å². The molecule has 5 nitrogen and oxygen atoms in total. The lowest BCUT2D eigenvalue weighted by Gasteiger charge is -2.09. The topological polar surface area (TPSA) is 66.9 Å². The summed E-state index contributed by atoms with van der Waals surface area (Å²) >= 11 is 0. The van der Waals surface area contributed by atoms with Gasteiger partial charge >= 0.3 is 0 Å². The molecule has 0 aromatic carbocycles. The molecule has 0 spiro atoms. The number of hydrogen-bond acceptors (Lipinski definition) is 4. The molecule has 0 fully saturated rings. The van der Waals surface area contributed by atoms with E-state index in [4.69, 9.17) is 0 Å². The standard InChI is InChI=1S/C8H12N4O/c1-6(9-2)8(13)11-7-4-3-5-10-12-7/h3-6,9H,1-2H3,(H,11,12,13). The summed E-state index contributed by atoms with van der Waals surface area (Å²) in [4.78, 5) is 11.3. The van der Waals surface area contributed by atoms with Crippen molar-refractivity contribution in [3.63, 3.8) is 0 Å². The molecule has 2 N–H and O–H groups in total. The van der Waals surface area contributed by atoms with Gasteiger partial charge in [0.15, 0.2) is 5.82 Å². The van der Waals surface area contributed by atoms with Gasteiger partial charge in [-0.1, -0.05) is 0 Å². The average Bonchev–Trinajstić information content (AvgIpc) is 2.18. The minimum Gasteiger partial charge on any atom is -0.309 e. The number of nitrogens with one attached hydrogen (secondary N) is 2. The largest absolute Gasteiger partial charge is 0.309 e. The van der Waals surface area contributed by atoms with Crippen molar-refractivity contribution in [3.05, 3.63) is 18.3 Å². The normalized spacial score (nSPS) is 12.2. The fourth-order valence-electron chi connectivity index (χ4n) is 0.734. The molecule has 13 heavy (non-hydrogen) atoms. The van der Waals surface area contributed by atoms with E-state index in [1.165, 1.54) is 0 Å². The minimum atomic E-state index is -0.234. The number of hydrogen-bond donors (Lipinski definition) is 2. The monoisotopic (exact) mass is 180 g/mol. The van der Waals surface area contributed by atoms with Crippen LogP contribution >= 0.6 is 0 Å². The van der Waals surface area contributed by atoms with Gasteiger partial charge in [0, 0.05) is 6.20 Å². The van der Waals surface area contributed by atoms with Crippen molar-refractivity contribution in [3.8, 4) is 0 Å². The van der Waals surface area contributed by atoms with E-state index in [0.29, 0.717) is 5.82 Å². The Kier molecular flexibility index (Phi) is 3.33. The predicted molar refractivity (Wildman–Crippen MR) is 49.2 cm³/mol. The fraction of sp³-hybridized carbons (Fsp3) is 0.375. The van der Waals surface area contributed by atoms with Crippen LogP contribution in [0.5, 0.6) is 0 Å². The van der Waals surface area contributed by atoms with E-state index in [0.717, 1.165) is 0 Å². The summed E-state index contributed by atoms with van der Waals surface area (Å²) in [7, 11) is 1.72. The van der Waals surface area contributed by atoms with E-state index in [2.05, 4.69) is 20.8 Å². The molecule has 0 aliphatic carbocycles. The zero-order chi connectivity index (χ0) is 9.68. The summed E-state index contributed by atoms with van der Waals surface area (Å²) in [5.41, 5.74) is 0. The molecule has 1 amide bonds. The van der Waals surface area contributed by atoms with E-state index >= 15 is 0 Å². The maximum Gasteiger partial charge on any atom is 0.242 e. The number of anilines is 1. The summed E-state index contributed by atoms with van der Waals surface area (Å²) in [5.74, 6) is 0.345. The van der Waals surface area contributed by atoms with Gasteiger partial charge in [-0.25, -0.2) is 0 Å². The number of carbonyl (C=O) groups is 1. The van der Waals surface area contributed by atoms with Crippen molar-refractivity contribution in [1.29, 1.82) is 0 Å². The minimum absolute atomic E-state index is 0.122. The van der Waals surface area contributed by atoms with E-state index < -0.39 is 0 Å². The van der Waals surface area contributed by atoms with Gasteiger partial charge in [-0.15, -0.1) is 5.10 Å². The van der Waals surface area contributed by atoms with Crippen LogP contribution in [0, 0.1) is 0 Å². The lowest BCUT2D eigenvalue weighted by Crippen LogP contribution is -2.35. The number of carbonyl (C=O) groups excluding carboxylic acids is 1. The zero-order valence-corrected chi connectivity index (χ0v) is 7.61. The molecule has 0 aliphatic rings. The van der Waals surface area contributed by atoms with Gasteiger partial charge in [0.1, 0.15) is 0 Å². The second-order valence-electron chi connectivity index (χ2n) is 2.61. The summed E-state index contributed by atoms with van der Waals surface area (Å²) < 4.78 is 0. The van der Waals surface area contributed by atoms with Gasteiger partial charge in [0.2, 0.25) is 5.91 Å². The smallest absolute Gasteiger partial charge is 0.242 e. The van der Waals surface area contributed by atoms with Crippen LogP contribution in [0.4, 0.5) is 5.82 Å². The number of amides is 1. The summed E-state index contributed by atoms with van der Waals surface area (Å²) in [6.07, 6.45) is 1.55. The second-order valence-corrected chi connectivity index (χ2v) is 2.61. The number of nitrogens with zero attached hydrogens (tertiary/aromatic N) is 2. The Hall–Kier alpha value is -1.49. The third kappa shape index (κ3) is 2.79. The Bertz CT molecular complexity index is 275. The highest BCUT2D eigenvalue weighted by atomic mass is 16.2. The van der Waals surface area contributed by atoms with Gasteiger partial charge in [-0.3, -0.25) is 4.79 Å². The molecule has 0 bridgehead atoms. The maximum absolute atomic E-state index is 11.3. The molecule has 1 heterocycles. The van der Waals surface area contributed by atoms with E-state index in [1.807, 2.05) is 0 Å². The third-order valence-corrected chi connectivity index (χ3v) is 1.65. The zero-order valence-electron chi connectivity index (χ0n) is 7.61. The van der Waals surface area contributed by atoms with Crippen LogP contribution in [0.3, 0.4) is 0 Å². The molecule has 1 unspecified atom stereocenters. The lowest BCUT2D eigenvalue weighted by atomic mass is 10.3. The number of likely N-dealkylation sites (N-methyl/N-ethyl adjacent to an activating group) is 1. The fourth-order valence-corrected chi connectivity index (χ4v) is 0.734. The Morgan fingerprint density at radius 3 is 2.92 bits per heavy atom. The van der Waals surface area contributed by atoms with Gasteiger partial charge in [0.25, 0.3) is 0 Å². The highest BCUT2D eigenvalue weighted by Crippen LogP contribution is 1.98. The molecular weight excluding hydrogens is 168 g/mol. The molecule has 70 valence electrons. The van der Waals surface area contributed by atoms with Gasteiger partial charge in [0.05, 0.1) is 6.04 Å². The quantitative estimate of drug-likeness (QED) is 0.688. The SMILES string of the molecule is CNC(C)C(=O)Nc1cccnn1. The molecule has 0 saturated heterocycles. The molecule has 1 aromatic heterocycles. The molecule has 0 radical (unpaired) electrons. The molecule has 0 saturated carbocycles. The molecular formula is C8H12N4O. The van der Waals surface area contributed by atoms with Crippen molar-refractivity contribution >= 4 is 11.7 Å². The average molecular weight is 180 g/mol. The predicted octanol–water partition coefficient (Wildman–Crippen LogP) is 0.0230. The first-order valence-corrected chi connectivity index (χ1v) is 4.00. The molecule has 1 atom stereocenters. The van der Waals surface area contributed by atoms with Crippen molar-refractivity contribution in [2.75, 3.05) is 12.4 Å². The van der Waals surface area contributed by atoms with Crippen LogP contribution in [0.15, 0.2) is 18.3 Å². The van der Waals surface area contributed by atoms with Crippen LogP contribution in [-0.2, 0) is 4.79 Å². The van der Waals surface area contributed by atoms with Crippen LogP contribution in [0.25, 0.3) is 0 Å². The Balaban J connectivity index is 2.55. The Labute approximate surface area is 76.6 Å². The van der Waals surface area contributed by atoms with Crippen LogP contribution in [-0.4, -0.2) is 29.2 Å². The van der Waals surface area contributed by atoms with Crippen LogP contribution in [0.2, 0.25) is 0 Å². The number of rotatable bonds is 3. The highest BCUT2D eigenvalue weighted by Gasteiger charge is 2.10. The summed E-state index contributed by atoms with van der Waals surface area (Å²) in [5, 5.41) is 12.8. The van der Waals surface area contributed by atoms with E-state index in [-0.39, 0.29) is 11.9 Å². The van der Waals surface area contributed by atoms with Crippen molar-refractivity contribution in [1.82, 2.24) is 15.5 Å². The van der Waals surface area contributed by atoms with Gasteiger partial charge in [-0.05, 0) is 26.1 Å². The maximum atomic E-state index is 11.3. The van der Waals surface area contributed by atoms with Gasteiger partial charge in [-0.2, -0.15) is 5.10 Å². The number of aromatic nitrogens is 2. The van der Waals surface area contributed by atoms with Crippen molar-refractivity contribution in [2.45, 2.75) is 13.0 Å². The second kappa shape index (κ2) is 4.51. The highest BCUT2D eigenvalue weighted by molar-refractivity contribution is 5.93. The first-order valence-electron chi connectivity index (χ1n) is 4.00. The Morgan fingerprint density at radius 1 is 1.62 bits per heavy atom. The molecule has 0 aliphatic heterocycles. The van der Waals surface area contributed by atoms with E-state index in [9.17, 15) is 4.79 Å². The summed E-state index contributed by atoms with van der Waals surface area (Å²) in [6, 6.07) is 3.17. The Morgan fingerprint density at radius 2 is 2.38 bits per heavy atom. The van der Waals surface area contributed by atoms with Gasteiger partial charge < -0.3 is 10.6 Å². The van der Waals surface area contributed by atoms with Crippen LogP contribution in [0.1, 0.15) is 6.92 Å². The molecule has 5 heteroatoms. The molecule has 1 rings (SSSR count). The van der Waals surface area contributed by atoms with E-state index in [1.54, 1.807) is 32.3 Å². The lowest BCUT2D eigenvalue weighted by molar-refractivity contribution is -0.117. The third-order valence-electron chi connectivity index (χ3n) is 1.65. The first-order chi connectivity index (χ1) is 6.24. The van der Waals surface area contributed by atoms with Crippen molar-refractivity contribution in [2.24, 2.45) is 0 Å². The summed E-state index contributed by atoms with van der Waals surface area (Å²) in [6.45, 7) is 1.77. The first kappa shape index (κ1) is 9.60.